The minimum Gasteiger partial charge on any atom is -0.247 e. The highest BCUT2D eigenvalue weighted by molar-refractivity contribution is 4.96. The standard InChI is InChI=1S/C15H21N3O3/c1-10(2)7-16-13(19)17(8-11(3)4)15(21)18(14(16)20)9-12(5)6/h1,3,5,7-9H2,2,4,6H3. The predicted molar refractivity (Wildman–Crippen MR) is 83.7 cm³/mol. The van der Waals surface area contributed by atoms with Gasteiger partial charge in [0.05, 0.1) is 19.6 Å². The second-order valence-corrected chi connectivity index (χ2v) is 5.48. The highest BCUT2D eigenvalue weighted by Crippen LogP contribution is 1.93. The first kappa shape index (κ1) is 16.7. The van der Waals surface area contributed by atoms with Crippen LogP contribution in [0.1, 0.15) is 20.8 Å². The first-order valence-electron chi connectivity index (χ1n) is 6.52. The maximum Gasteiger partial charge on any atom is 0.336 e. The predicted octanol–water partition coefficient (Wildman–Crippen LogP) is 0.900. The molecule has 0 saturated heterocycles. The molecule has 0 fully saturated rings. The largest absolute Gasteiger partial charge is 0.336 e. The highest BCUT2D eigenvalue weighted by atomic mass is 16.2. The summed E-state index contributed by atoms with van der Waals surface area (Å²) in [5, 5.41) is 0. The summed E-state index contributed by atoms with van der Waals surface area (Å²) in [6.45, 7) is 16.5. The highest BCUT2D eigenvalue weighted by Gasteiger charge is 2.15. The van der Waals surface area contributed by atoms with Gasteiger partial charge in [-0.05, 0) is 20.8 Å². The van der Waals surface area contributed by atoms with E-state index in [1.807, 2.05) is 0 Å². The maximum atomic E-state index is 12.3. The Balaban J connectivity index is 3.73. The average molecular weight is 291 g/mol. The van der Waals surface area contributed by atoms with E-state index >= 15 is 0 Å². The number of nitrogens with zero attached hydrogens (tertiary/aromatic N) is 3. The van der Waals surface area contributed by atoms with Gasteiger partial charge in [0.25, 0.3) is 0 Å². The average Bonchev–Trinajstić information content (AvgIpc) is 2.35. The summed E-state index contributed by atoms with van der Waals surface area (Å²) in [4.78, 5) is 37.0. The Labute approximate surface area is 123 Å². The first-order chi connectivity index (χ1) is 9.65. The van der Waals surface area contributed by atoms with Crippen molar-refractivity contribution >= 4 is 0 Å². The van der Waals surface area contributed by atoms with Gasteiger partial charge in [0, 0.05) is 0 Å². The van der Waals surface area contributed by atoms with Crippen molar-refractivity contribution in [2.24, 2.45) is 0 Å². The Morgan fingerprint density at radius 3 is 1.00 bits per heavy atom. The fourth-order valence-electron chi connectivity index (χ4n) is 1.90. The summed E-state index contributed by atoms with van der Waals surface area (Å²) in [7, 11) is 0. The van der Waals surface area contributed by atoms with Crippen LogP contribution in [0.4, 0.5) is 0 Å². The second-order valence-electron chi connectivity index (χ2n) is 5.48. The quantitative estimate of drug-likeness (QED) is 0.731. The molecule has 0 aliphatic carbocycles. The van der Waals surface area contributed by atoms with Gasteiger partial charge in [-0.3, -0.25) is 0 Å². The van der Waals surface area contributed by atoms with Crippen LogP contribution in [0.2, 0.25) is 0 Å². The summed E-state index contributed by atoms with van der Waals surface area (Å²) >= 11 is 0. The third-order valence-corrected chi connectivity index (χ3v) is 2.67. The summed E-state index contributed by atoms with van der Waals surface area (Å²) < 4.78 is 3.03. The van der Waals surface area contributed by atoms with Crippen molar-refractivity contribution in [3.05, 3.63) is 67.9 Å². The van der Waals surface area contributed by atoms with E-state index in [9.17, 15) is 14.4 Å². The molecule has 0 unspecified atom stereocenters. The molecule has 1 aromatic rings. The van der Waals surface area contributed by atoms with Gasteiger partial charge in [0.1, 0.15) is 0 Å². The molecule has 0 aliphatic heterocycles. The molecule has 6 heteroatoms. The monoisotopic (exact) mass is 291 g/mol. The summed E-state index contributed by atoms with van der Waals surface area (Å²) in [6, 6.07) is 0. The van der Waals surface area contributed by atoms with E-state index in [1.165, 1.54) is 0 Å². The molecule has 1 heterocycles. The van der Waals surface area contributed by atoms with Crippen molar-refractivity contribution in [3.8, 4) is 0 Å². The molecule has 21 heavy (non-hydrogen) atoms. The van der Waals surface area contributed by atoms with E-state index in [0.29, 0.717) is 16.7 Å². The fourth-order valence-corrected chi connectivity index (χ4v) is 1.90. The van der Waals surface area contributed by atoms with Crippen LogP contribution in [0.5, 0.6) is 0 Å². The molecule has 1 rings (SSSR count). The van der Waals surface area contributed by atoms with Gasteiger partial charge in [0.2, 0.25) is 0 Å². The lowest BCUT2D eigenvalue weighted by atomic mass is 10.3. The summed E-state index contributed by atoms with van der Waals surface area (Å²) in [5.41, 5.74) is 0.0155. The number of rotatable bonds is 6. The molecular formula is C15H21N3O3. The Bertz CT molecular complexity index is 640. The molecule has 0 N–H and O–H groups in total. The van der Waals surface area contributed by atoms with Crippen LogP contribution in [0.15, 0.2) is 50.8 Å². The van der Waals surface area contributed by atoms with Gasteiger partial charge in [-0.1, -0.05) is 36.5 Å². The lowest BCUT2D eigenvalue weighted by Gasteiger charge is -2.14. The molecule has 114 valence electrons. The molecule has 0 atom stereocenters. The molecule has 0 aromatic carbocycles. The van der Waals surface area contributed by atoms with Crippen LogP contribution < -0.4 is 17.1 Å². The molecule has 0 aliphatic rings. The molecule has 0 spiro atoms. The van der Waals surface area contributed by atoms with E-state index in [2.05, 4.69) is 19.7 Å². The zero-order valence-electron chi connectivity index (χ0n) is 12.8. The van der Waals surface area contributed by atoms with Crippen LogP contribution in [0, 0.1) is 0 Å². The van der Waals surface area contributed by atoms with Crippen molar-refractivity contribution in [2.45, 2.75) is 40.4 Å². The minimum atomic E-state index is -0.644. The third-order valence-electron chi connectivity index (χ3n) is 2.67. The lowest BCUT2D eigenvalue weighted by molar-refractivity contribution is 0.487. The lowest BCUT2D eigenvalue weighted by Crippen LogP contribution is -2.54. The third kappa shape index (κ3) is 3.81. The van der Waals surface area contributed by atoms with Gasteiger partial charge in [0.15, 0.2) is 0 Å². The van der Waals surface area contributed by atoms with Crippen molar-refractivity contribution in [3.63, 3.8) is 0 Å². The number of hydrogen-bond acceptors (Lipinski definition) is 3. The maximum absolute atomic E-state index is 12.3. The van der Waals surface area contributed by atoms with Gasteiger partial charge in [-0.15, -0.1) is 0 Å². The normalized spacial score (nSPS) is 10.4. The van der Waals surface area contributed by atoms with Gasteiger partial charge in [-0.2, -0.15) is 0 Å². The summed E-state index contributed by atoms with van der Waals surface area (Å²) in [6.07, 6.45) is 0. The zero-order valence-corrected chi connectivity index (χ0v) is 12.8. The fraction of sp³-hybridized carbons (Fsp3) is 0.400. The van der Waals surface area contributed by atoms with Crippen LogP contribution in [0.25, 0.3) is 0 Å². The Morgan fingerprint density at radius 1 is 0.667 bits per heavy atom. The van der Waals surface area contributed by atoms with E-state index in [4.69, 9.17) is 0 Å². The topological polar surface area (TPSA) is 66.0 Å². The van der Waals surface area contributed by atoms with Crippen LogP contribution in [-0.4, -0.2) is 13.7 Å². The second kappa shape index (κ2) is 6.39. The number of allylic oxidation sites excluding steroid dienone is 3. The van der Waals surface area contributed by atoms with E-state index in [0.717, 1.165) is 13.7 Å². The number of hydrogen-bond donors (Lipinski definition) is 0. The van der Waals surface area contributed by atoms with Crippen LogP contribution >= 0.6 is 0 Å². The summed E-state index contributed by atoms with van der Waals surface area (Å²) in [5.74, 6) is 0. The van der Waals surface area contributed by atoms with Gasteiger partial charge >= 0.3 is 17.1 Å². The smallest absolute Gasteiger partial charge is 0.247 e. The van der Waals surface area contributed by atoms with Crippen molar-refractivity contribution in [1.82, 2.24) is 13.7 Å². The molecule has 6 nitrogen and oxygen atoms in total. The Morgan fingerprint density at radius 2 is 0.857 bits per heavy atom. The molecule has 0 bridgehead atoms. The molecular weight excluding hydrogens is 270 g/mol. The minimum absolute atomic E-state index is 0.0737. The van der Waals surface area contributed by atoms with Crippen LogP contribution in [-0.2, 0) is 19.6 Å². The van der Waals surface area contributed by atoms with Crippen LogP contribution in [0.3, 0.4) is 0 Å². The number of aromatic nitrogens is 3. The van der Waals surface area contributed by atoms with Gasteiger partial charge < -0.3 is 0 Å². The molecule has 0 amide bonds. The van der Waals surface area contributed by atoms with E-state index in [-0.39, 0.29) is 19.6 Å². The molecule has 1 aromatic heterocycles. The van der Waals surface area contributed by atoms with Crippen molar-refractivity contribution < 1.29 is 0 Å². The Hall–Kier alpha value is -2.37. The molecule has 0 radical (unpaired) electrons. The van der Waals surface area contributed by atoms with Crippen molar-refractivity contribution in [1.29, 1.82) is 0 Å². The zero-order chi connectivity index (χ0) is 16.3. The Kier molecular flexibility index (Phi) is 5.07. The first-order valence-corrected chi connectivity index (χ1v) is 6.52. The van der Waals surface area contributed by atoms with Gasteiger partial charge in [-0.25, -0.2) is 28.1 Å². The molecule has 0 saturated carbocycles. The van der Waals surface area contributed by atoms with E-state index < -0.39 is 17.1 Å². The van der Waals surface area contributed by atoms with Crippen molar-refractivity contribution in [2.75, 3.05) is 0 Å². The SMILES string of the molecule is C=C(C)Cn1c(=O)n(CC(=C)C)c(=O)n(CC(=C)C)c1=O. The van der Waals surface area contributed by atoms with E-state index in [1.54, 1.807) is 20.8 Å².